The number of carbonyl (C=O) groups excluding carboxylic acids is 1. The molecule has 2 aromatic carbocycles. The van der Waals surface area contributed by atoms with E-state index in [2.05, 4.69) is 17.1 Å². The Labute approximate surface area is 206 Å². The first-order valence-electron chi connectivity index (χ1n) is 12.5. The number of hydrogen-bond donors (Lipinski definition) is 3. The van der Waals surface area contributed by atoms with Crippen molar-refractivity contribution in [1.29, 1.82) is 0 Å². The van der Waals surface area contributed by atoms with Crippen LogP contribution >= 0.6 is 0 Å². The fourth-order valence-electron chi connectivity index (χ4n) is 4.83. The molecular formula is C28H35N3O4. The first kappa shape index (κ1) is 24.8. The van der Waals surface area contributed by atoms with Crippen molar-refractivity contribution in [1.82, 2.24) is 15.1 Å². The number of ether oxygens (including phenoxy) is 1. The van der Waals surface area contributed by atoms with Gasteiger partial charge in [-0.15, -0.1) is 0 Å². The molecule has 0 aliphatic carbocycles. The Hall–Kier alpha value is -3.32. The molecule has 1 amide bonds. The Morgan fingerprint density at radius 2 is 1.86 bits per heavy atom. The summed E-state index contributed by atoms with van der Waals surface area (Å²) in [6, 6.07) is 11.3. The van der Waals surface area contributed by atoms with E-state index in [4.69, 9.17) is 4.74 Å². The number of carbonyl (C=O) groups is 1. The number of nitrogens with one attached hydrogen (secondary N) is 1. The standard InChI is InChI=1S/C28H35N3O4/c1-4-5-6-7-15-35-21-11-9-20(10-12-21)26-23-24(22-17-18(2)16-19(3)27(22)33)29-30-25(23)28(34)31(26)13-8-14-32/h9-12,16-17,26,32-33H,4-8,13-15H2,1-3H3,(H,29,30). The van der Waals surface area contributed by atoms with Gasteiger partial charge in [-0.2, -0.15) is 5.10 Å². The number of rotatable bonds is 11. The van der Waals surface area contributed by atoms with Crippen LogP contribution in [0.15, 0.2) is 36.4 Å². The maximum absolute atomic E-state index is 13.3. The van der Waals surface area contributed by atoms with E-state index in [0.29, 0.717) is 36.5 Å². The van der Waals surface area contributed by atoms with Crippen molar-refractivity contribution in [3.63, 3.8) is 0 Å². The van der Waals surface area contributed by atoms with Gasteiger partial charge in [0.15, 0.2) is 0 Å². The van der Waals surface area contributed by atoms with Crippen molar-refractivity contribution < 1.29 is 19.7 Å². The Morgan fingerprint density at radius 1 is 1.09 bits per heavy atom. The van der Waals surface area contributed by atoms with Gasteiger partial charge in [-0.1, -0.05) is 44.4 Å². The zero-order chi connectivity index (χ0) is 24.9. The van der Waals surface area contributed by atoms with Crippen LogP contribution in [0.4, 0.5) is 0 Å². The fourth-order valence-corrected chi connectivity index (χ4v) is 4.83. The molecule has 1 aromatic heterocycles. The lowest BCUT2D eigenvalue weighted by Gasteiger charge is -2.26. The van der Waals surface area contributed by atoms with Gasteiger partial charge in [0.1, 0.15) is 22.9 Å². The third-order valence-electron chi connectivity index (χ3n) is 6.58. The summed E-state index contributed by atoms with van der Waals surface area (Å²) in [4.78, 5) is 15.1. The molecule has 0 saturated carbocycles. The van der Waals surface area contributed by atoms with Crippen LogP contribution in [0.1, 0.15) is 77.8 Å². The number of hydrogen-bond acceptors (Lipinski definition) is 5. The molecule has 3 N–H and O–H groups in total. The van der Waals surface area contributed by atoms with Crippen LogP contribution in [0.2, 0.25) is 0 Å². The lowest BCUT2D eigenvalue weighted by Crippen LogP contribution is -2.31. The molecule has 0 saturated heterocycles. The van der Waals surface area contributed by atoms with E-state index in [-0.39, 0.29) is 24.3 Å². The summed E-state index contributed by atoms with van der Waals surface area (Å²) in [6.07, 6.45) is 5.08. The number of aromatic hydroxyl groups is 1. The average Bonchev–Trinajstić information content (AvgIpc) is 3.39. The minimum Gasteiger partial charge on any atom is -0.507 e. The van der Waals surface area contributed by atoms with Gasteiger partial charge in [-0.25, -0.2) is 0 Å². The topological polar surface area (TPSA) is 98.7 Å². The molecular weight excluding hydrogens is 442 g/mol. The summed E-state index contributed by atoms with van der Waals surface area (Å²) in [5.74, 6) is 0.810. The van der Waals surface area contributed by atoms with E-state index in [1.807, 2.05) is 50.2 Å². The Kier molecular flexibility index (Phi) is 7.76. The molecule has 1 aliphatic heterocycles. The highest BCUT2D eigenvalue weighted by Crippen LogP contribution is 2.45. The third kappa shape index (κ3) is 5.05. The zero-order valence-corrected chi connectivity index (χ0v) is 20.8. The summed E-state index contributed by atoms with van der Waals surface area (Å²) in [5.41, 5.74) is 5.05. The summed E-state index contributed by atoms with van der Waals surface area (Å²) in [6.45, 7) is 7.12. The second kappa shape index (κ2) is 11.0. The molecule has 4 rings (SSSR count). The Bertz CT molecular complexity index is 1170. The SMILES string of the molecule is CCCCCCOc1ccc(C2c3c(-c4cc(C)cc(C)c4O)n[nH]c3C(=O)N2CCCO)cc1. The summed E-state index contributed by atoms with van der Waals surface area (Å²) in [5, 5.41) is 27.6. The van der Waals surface area contributed by atoms with E-state index in [0.717, 1.165) is 40.8 Å². The second-order valence-electron chi connectivity index (χ2n) is 9.30. The van der Waals surface area contributed by atoms with Gasteiger partial charge >= 0.3 is 0 Å². The minimum atomic E-state index is -0.378. The Balaban J connectivity index is 1.69. The molecule has 0 spiro atoms. The van der Waals surface area contributed by atoms with Gasteiger partial charge < -0.3 is 19.8 Å². The number of nitrogens with zero attached hydrogens (tertiary/aromatic N) is 2. The maximum atomic E-state index is 13.3. The smallest absolute Gasteiger partial charge is 0.273 e. The average molecular weight is 478 g/mol. The van der Waals surface area contributed by atoms with Crippen LogP contribution in [-0.4, -0.2) is 51.0 Å². The highest BCUT2D eigenvalue weighted by Gasteiger charge is 2.42. The Morgan fingerprint density at radius 3 is 2.57 bits per heavy atom. The van der Waals surface area contributed by atoms with E-state index in [9.17, 15) is 15.0 Å². The molecule has 7 heteroatoms. The third-order valence-corrected chi connectivity index (χ3v) is 6.58. The van der Waals surface area contributed by atoms with Gasteiger partial charge in [-0.3, -0.25) is 9.89 Å². The van der Waals surface area contributed by atoms with Gasteiger partial charge in [0.05, 0.1) is 12.6 Å². The lowest BCUT2D eigenvalue weighted by molar-refractivity contribution is 0.0732. The molecule has 0 fully saturated rings. The maximum Gasteiger partial charge on any atom is 0.273 e. The zero-order valence-electron chi connectivity index (χ0n) is 20.8. The first-order chi connectivity index (χ1) is 17.0. The fraction of sp³-hybridized carbons (Fsp3) is 0.429. The van der Waals surface area contributed by atoms with Crippen LogP contribution in [0.5, 0.6) is 11.5 Å². The summed E-state index contributed by atoms with van der Waals surface area (Å²) >= 11 is 0. The van der Waals surface area contributed by atoms with Crippen LogP contribution < -0.4 is 4.74 Å². The van der Waals surface area contributed by atoms with Crippen molar-refractivity contribution >= 4 is 5.91 Å². The highest BCUT2D eigenvalue weighted by molar-refractivity contribution is 6.00. The number of fused-ring (bicyclic) bond motifs is 1. The largest absolute Gasteiger partial charge is 0.507 e. The molecule has 1 unspecified atom stereocenters. The van der Waals surface area contributed by atoms with Gasteiger partial charge in [0, 0.05) is 24.3 Å². The number of aromatic amines is 1. The quantitative estimate of drug-likeness (QED) is 0.326. The van der Waals surface area contributed by atoms with Crippen molar-refractivity contribution in [2.24, 2.45) is 0 Å². The molecule has 1 aliphatic rings. The number of H-pyrrole nitrogens is 1. The molecule has 35 heavy (non-hydrogen) atoms. The predicted octanol–water partition coefficient (Wildman–Crippen LogP) is 5.29. The summed E-state index contributed by atoms with van der Waals surface area (Å²) < 4.78 is 5.91. The van der Waals surface area contributed by atoms with E-state index < -0.39 is 0 Å². The number of aliphatic hydroxyl groups is 1. The van der Waals surface area contributed by atoms with Crippen LogP contribution in [0, 0.1) is 13.8 Å². The summed E-state index contributed by atoms with van der Waals surface area (Å²) in [7, 11) is 0. The number of unbranched alkanes of at least 4 members (excludes halogenated alkanes) is 3. The van der Waals surface area contributed by atoms with Crippen LogP contribution in [0.25, 0.3) is 11.3 Å². The molecule has 0 bridgehead atoms. The monoisotopic (exact) mass is 477 g/mol. The van der Waals surface area contributed by atoms with Crippen molar-refractivity contribution in [3.8, 4) is 22.8 Å². The number of amides is 1. The molecule has 7 nitrogen and oxygen atoms in total. The van der Waals surface area contributed by atoms with Gasteiger partial charge in [-0.05, 0) is 61.6 Å². The molecule has 0 radical (unpaired) electrons. The number of phenolic OH excluding ortho intramolecular Hbond substituents is 1. The number of aliphatic hydroxyl groups excluding tert-OH is 1. The number of benzene rings is 2. The van der Waals surface area contributed by atoms with E-state index in [1.54, 1.807) is 4.90 Å². The minimum absolute atomic E-state index is 0.00177. The van der Waals surface area contributed by atoms with Crippen molar-refractivity contribution in [3.05, 3.63) is 64.3 Å². The van der Waals surface area contributed by atoms with Crippen molar-refractivity contribution in [2.75, 3.05) is 19.8 Å². The molecule has 186 valence electrons. The van der Waals surface area contributed by atoms with E-state index >= 15 is 0 Å². The highest BCUT2D eigenvalue weighted by atomic mass is 16.5. The van der Waals surface area contributed by atoms with Crippen LogP contribution in [0.3, 0.4) is 0 Å². The predicted molar refractivity (Wildman–Crippen MR) is 136 cm³/mol. The van der Waals surface area contributed by atoms with Crippen molar-refractivity contribution in [2.45, 2.75) is 58.9 Å². The number of aryl methyl sites for hydroxylation is 2. The molecule has 1 atom stereocenters. The van der Waals surface area contributed by atoms with E-state index in [1.165, 1.54) is 12.8 Å². The van der Waals surface area contributed by atoms with Crippen LogP contribution in [-0.2, 0) is 0 Å². The molecule has 3 aromatic rings. The number of phenols is 1. The first-order valence-corrected chi connectivity index (χ1v) is 12.5. The lowest BCUT2D eigenvalue weighted by atomic mass is 9.94. The van der Waals surface area contributed by atoms with Gasteiger partial charge in [0.2, 0.25) is 0 Å². The molecule has 2 heterocycles. The normalized spacial score (nSPS) is 15.0. The number of aromatic nitrogens is 2. The second-order valence-corrected chi connectivity index (χ2v) is 9.30. The van der Waals surface area contributed by atoms with Gasteiger partial charge in [0.25, 0.3) is 5.91 Å².